The molecule has 0 unspecified atom stereocenters. The van der Waals surface area contributed by atoms with E-state index in [2.05, 4.69) is 10.3 Å². The summed E-state index contributed by atoms with van der Waals surface area (Å²) < 4.78 is 12.7. The average molecular weight is 381 g/mol. The van der Waals surface area contributed by atoms with Crippen LogP contribution < -0.4 is 14.8 Å². The molecule has 4 aromatic rings. The maximum absolute atomic E-state index is 6.13. The van der Waals surface area contributed by atoms with E-state index < -0.39 is 0 Å². The zero-order valence-electron chi connectivity index (χ0n) is 14.8. The van der Waals surface area contributed by atoms with Crippen molar-refractivity contribution in [3.63, 3.8) is 0 Å². The molecule has 0 saturated carbocycles. The normalized spacial score (nSPS) is 10.8. The average Bonchev–Trinajstić information content (AvgIpc) is 3.06. The Labute approximate surface area is 161 Å². The number of benzene rings is 2. The molecule has 2 heterocycles. The quantitative estimate of drug-likeness (QED) is 0.538. The van der Waals surface area contributed by atoms with Crippen LogP contribution >= 0.6 is 11.6 Å². The van der Waals surface area contributed by atoms with Crippen molar-refractivity contribution in [2.45, 2.75) is 0 Å². The fourth-order valence-corrected chi connectivity index (χ4v) is 3.10. The van der Waals surface area contributed by atoms with E-state index in [-0.39, 0.29) is 0 Å². The minimum absolute atomic E-state index is 0.638. The number of anilines is 2. The van der Waals surface area contributed by atoms with Crippen molar-refractivity contribution < 1.29 is 9.47 Å². The minimum atomic E-state index is 0.638. The van der Waals surface area contributed by atoms with E-state index in [0.29, 0.717) is 16.5 Å². The second-order valence-electron chi connectivity index (χ2n) is 5.82. The lowest BCUT2D eigenvalue weighted by Gasteiger charge is -2.11. The Kier molecular flexibility index (Phi) is 4.56. The van der Waals surface area contributed by atoms with Crippen LogP contribution in [-0.2, 0) is 0 Å². The first kappa shape index (κ1) is 17.2. The number of imidazole rings is 1. The molecule has 0 aliphatic carbocycles. The van der Waals surface area contributed by atoms with E-state index in [1.54, 1.807) is 26.6 Å². The van der Waals surface area contributed by atoms with Crippen molar-refractivity contribution >= 4 is 28.8 Å². The van der Waals surface area contributed by atoms with Crippen molar-refractivity contribution in [2.24, 2.45) is 0 Å². The Bertz CT molecular complexity index is 1110. The molecule has 0 aliphatic rings. The number of nitrogens with one attached hydrogen (secondary N) is 1. The summed E-state index contributed by atoms with van der Waals surface area (Å²) >= 11 is 6.13. The molecule has 0 bridgehead atoms. The van der Waals surface area contributed by atoms with Crippen LogP contribution in [0.2, 0.25) is 5.02 Å². The van der Waals surface area contributed by atoms with Gasteiger partial charge >= 0.3 is 0 Å². The first-order valence-electron chi connectivity index (χ1n) is 8.26. The van der Waals surface area contributed by atoms with Gasteiger partial charge in [-0.3, -0.25) is 9.38 Å². The number of ether oxygens (including phenoxy) is 2. The second-order valence-corrected chi connectivity index (χ2v) is 6.26. The predicted octanol–water partition coefficient (Wildman–Crippen LogP) is 4.81. The van der Waals surface area contributed by atoms with Crippen molar-refractivity contribution in [2.75, 3.05) is 19.5 Å². The molecule has 0 aliphatic heterocycles. The molecule has 7 heteroatoms. The molecule has 0 spiro atoms. The number of hydrogen-bond donors (Lipinski definition) is 1. The summed E-state index contributed by atoms with van der Waals surface area (Å²) in [4.78, 5) is 8.91. The largest absolute Gasteiger partial charge is 0.493 e. The topological polar surface area (TPSA) is 60.7 Å². The van der Waals surface area contributed by atoms with E-state index in [1.165, 1.54) is 0 Å². The maximum atomic E-state index is 6.13. The Hall–Kier alpha value is -3.25. The Balaban J connectivity index is 1.88. The zero-order chi connectivity index (χ0) is 18.8. The summed E-state index contributed by atoms with van der Waals surface area (Å²) in [6.07, 6.45) is 5.29. The molecule has 6 nitrogen and oxygen atoms in total. The van der Waals surface area contributed by atoms with Crippen molar-refractivity contribution in [3.8, 4) is 22.8 Å². The maximum Gasteiger partial charge on any atom is 0.161 e. The van der Waals surface area contributed by atoms with Crippen LogP contribution in [0, 0.1) is 0 Å². The van der Waals surface area contributed by atoms with E-state index in [1.807, 2.05) is 53.1 Å². The molecule has 136 valence electrons. The first-order valence-corrected chi connectivity index (χ1v) is 8.64. The fourth-order valence-electron chi connectivity index (χ4n) is 2.91. The Morgan fingerprint density at radius 2 is 1.89 bits per heavy atom. The van der Waals surface area contributed by atoms with Gasteiger partial charge in [-0.25, -0.2) is 4.98 Å². The lowest BCUT2D eigenvalue weighted by molar-refractivity contribution is 0.355. The molecule has 2 aromatic heterocycles. The van der Waals surface area contributed by atoms with Gasteiger partial charge in [0.05, 0.1) is 20.4 Å². The predicted molar refractivity (Wildman–Crippen MR) is 106 cm³/mol. The molecule has 0 radical (unpaired) electrons. The molecule has 0 saturated heterocycles. The van der Waals surface area contributed by atoms with Gasteiger partial charge in [-0.2, -0.15) is 0 Å². The van der Waals surface area contributed by atoms with Crippen LogP contribution in [0.25, 0.3) is 16.9 Å². The standard InChI is InChI=1S/C20H17ClN4O2/c1-26-16-7-6-13(10-17(16)27-2)19-20(23-15-5-3-4-14(21)11-15)25-9-8-22-12-18(25)24-19/h3-12,23H,1-2H3. The molecule has 0 fully saturated rings. The monoisotopic (exact) mass is 380 g/mol. The summed E-state index contributed by atoms with van der Waals surface area (Å²) in [6.45, 7) is 0. The Morgan fingerprint density at radius 3 is 2.67 bits per heavy atom. The zero-order valence-corrected chi connectivity index (χ0v) is 15.6. The van der Waals surface area contributed by atoms with E-state index >= 15 is 0 Å². The van der Waals surface area contributed by atoms with Crippen molar-refractivity contribution in [3.05, 3.63) is 66.1 Å². The van der Waals surface area contributed by atoms with Crippen LogP contribution in [0.3, 0.4) is 0 Å². The number of methoxy groups -OCH3 is 2. The second kappa shape index (κ2) is 7.17. The lowest BCUT2D eigenvalue weighted by Crippen LogP contribution is -1.97. The third-order valence-electron chi connectivity index (χ3n) is 4.17. The Morgan fingerprint density at radius 1 is 1.04 bits per heavy atom. The van der Waals surface area contributed by atoms with Gasteiger partial charge in [0.25, 0.3) is 0 Å². The third-order valence-corrected chi connectivity index (χ3v) is 4.41. The number of rotatable bonds is 5. The third kappa shape index (κ3) is 3.27. The van der Waals surface area contributed by atoms with E-state index in [4.69, 9.17) is 26.1 Å². The highest BCUT2D eigenvalue weighted by atomic mass is 35.5. The molecular formula is C20H17ClN4O2. The summed E-state index contributed by atoms with van der Waals surface area (Å²) in [7, 11) is 3.22. The van der Waals surface area contributed by atoms with Gasteiger partial charge in [-0.1, -0.05) is 17.7 Å². The van der Waals surface area contributed by atoms with E-state index in [9.17, 15) is 0 Å². The SMILES string of the molecule is COc1ccc(-c2nc3cnccn3c2Nc2cccc(Cl)c2)cc1OC. The van der Waals surface area contributed by atoms with E-state index in [0.717, 1.165) is 28.4 Å². The van der Waals surface area contributed by atoms with Crippen LogP contribution in [0.4, 0.5) is 11.5 Å². The highest BCUT2D eigenvalue weighted by Gasteiger charge is 2.16. The summed E-state index contributed by atoms with van der Waals surface area (Å²) in [6, 6.07) is 13.2. The summed E-state index contributed by atoms with van der Waals surface area (Å²) in [5.41, 5.74) is 3.25. The fraction of sp³-hybridized carbons (Fsp3) is 0.100. The molecule has 27 heavy (non-hydrogen) atoms. The lowest BCUT2D eigenvalue weighted by atomic mass is 10.1. The van der Waals surface area contributed by atoms with Gasteiger partial charge in [0, 0.05) is 28.7 Å². The van der Waals surface area contributed by atoms with Gasteiger partial charge in [0.2, 0.25) is 0 Å². The molecule has 2 aromatic carbocycles. The van der Waals surface area contributed by atoms with Crippen LogP contribution in [0.15, 0.2) is 61.1 Å². The summed E-state index contributed by atoms with van der Waals surface area (Å²) in [5, 5.41) is 4.07. The smallest absolute Gasteiger partial charge is 0.161 e. The molecule has 0 atom stereocenters. The highest BCUT2D eigenvalue weighted by molar-refractivity contribution is 6.30. The number of fused-ring (bicyclic) bond motifs is 1. The van der Waals surface area contributed by atoms with Gasteiger partial charge in [-0.15, -0.1) is 0 Å². The minimum Gasteiger partial charge on any atom is -0.493 e. The van der Waals surface area contributed by atoms with Crippen LogP contribution in [-0.4, -0.2) is 28.6 Å². The summed E-state index contributed by atoms with van der Waals surface area (Å²) in [5.74, 6) is 2.11. The molecular weight excluding hydrogens is 364 g/mol. The van der Waals surface area contributed by atoms with Gasteiger partial charge in [0.15, 0.2) is 17.1 Å². The molecule has 4 rings (SSSR count). The van der Waals surface area contributed by atoms with Gasteiger partial charge < -0.3 is 14.8 Å². The van der Waals surface area contributed by atoms with Crippen molar-refractivity contribution in [1.29, 1.82) is 0 Å². The highest BCUT2D eigenvalue weighted by Crippen LogP contribution is 2.36. The number of nitrogens with zero attached hydrogens (tertiary/aromatic N) is 3. The number of halogens is 1. The first-order chi connectivity index (χ1) is 13.2. The molecule has 1 N–H and O–H groups in total. The van der Waals surface area contributed by atoms with Crippen LogP contribution in [0.5, 0.6) is 11.5 Å². The van der Waals surface area contributed by atoms with Crippen molar-refractivity contribution in [1.82, 2.24) is 14.4 Å². The number of aromatic nitrogens is 3. The number of hydrogen-bond acceptors (Lipinski definition) is 5. The van der Waals surface area contributed by atoms with Gasteiger partial charge in [-0.05, 0) is 36.4 Å². The molecule has 0 amide bonds. The van der Waals surface area contributed by atoms with Gasteiger partial charge in [0.1, 0.15) is 11.5 Å². The van der Waals surface area contributed by atoms with Crippen LogP contribution in [0.1, 0.15) is 0 Å².